The molecule has 0 spiro atoms. The van der Waals surface area contributed by atoms with Crippen LogP contribution < -0.4 is 4.90 Å². The Bertz CT molecular complexity index is 691. The molecule has 22 heavy (non-hydrogen) atoms. The highest BCUT2D eigenvalue weighted by molar-refractivity contribution is 6.33. The molecule has 0 atom stereocenters. The number of esters is 1. The summed E-state index contributed by atoms with van der Waals surface area (Å²) in [5.74, 6) is -1.72. The van der Waals surface area contributed by atoms with Gasteiger partial charge in [0.1, 0.15) is 5.82 Å². The number of likely N-dealkylation sites (N-methyl/N-ethyl adjacent to an activating group) is 1. The van der Waals surface area contributed by atoms with Gasteiger partial charge >= 0.3 is 5.97 Å². The molecular weight excluding hydrogens is 309 g/mol. The third-order valence-corrected chi connectivity index (χ3v) is 3.31. The van der Waals surface area contributed by atoms with Crippen molar-refractivity contribution in [2.45, 2.75) is 0 Å². The average Bonchev–Trinajstić information content (AvgIpc) is 2.52. The maximum absolute atomic E-state index is 12.9. The Hall–Kier alpha value is -2.40. The van der Waals surface area contributed by atoms with Crippen LogP contribution in [0.5, 0.6) is 0 Å². The van der Waals surface area contributed by atoms with E-state index in [1.807, 2.05) is 6.07 Å². The number of halogens is 2. The van der Waals surface area contributed by atoms with Gasteiger partial charge in [0, 0.05) is 12.7 Å². The number of carbonyl (C=O) groups excluding carboxylic acids is 2. The average molecular weight is 322 g/mol. The molecule has 2 aromatic carbocycles. The van der Waals surface area contributed by atoms with Gasteiger partial charge in [0.05, 0.1) is 10.6 Å². The van der Waals surface area contributed by atoms with Gasteiger partial charge in [-0.3, -0.25) is 4.79 Å². The van der Waals surface area contributed by atoms with Crippen molar-refractivity contribution >= 4 is 29.2 Å². The zero-order chi connectivity index (χ0) is 16.1. The van der Waals surface area contributed by atoms with Crippen LogP contribution in [0.4, 0.5) is 10.1 Å². The van der Waals surface area contributed by atoms with Crippen molar-refractivity contribution in [2.24, 2.45) is 0 Å². The van der Waals surface area contributed by atoms with Gasteiger partial charge in [-0.15, -0.1) is 0 Å². The van der Waals surface area contributed by atoms with Crippen molar-refractivity contribution in [1.29, 1.82) is 0 Å². The summed E-state index contributed by atoms with van der Waals surface area (Å²) in [6.07, 6.45) is 0. The van der Waals surface area contributed by atoms with E-state index in [0.717, 1.165) is 12.1 Å². The maximum atomic E-state index is 12.9. The standard InChI is InChI=1S/C16H13ClFNO3/c1-19(12-5-3-2-4-6-12)15(20)10-22-16(21)13-8-7-11(18)9-14(13)17/h2-9H,10H2,1H3. The Labute approximate surface area is 132 Å². The van der Waals surface area contributed by atoms with E-state index < -0.39 is 24.3 Å². The molecule has 0 saturated heterocycles. The Balaban J connectivity index is 1.97. The molecule has 0 aliphatic heterocycles. The highest BCUT2D eigenvalue weighted by atomic mass is 35.5. The third-order valence-electron chi connectivity index (χ3n) is 3.00. The van der Waals surface area contributed by atoms with Crippen LogP contribution >= 0.6 is 11.6 Å². The second kappa shape index (κ2) is 7.04. The number of hydrogen-bond donors (Lipinski definition) is 0. The Morgan fingerprint density at radius 1 is 1.18 bits per heavy atom. The topological polar surface area (TPSA) is 46.6 Å². The quantitative estimate of drug-likeness (QED) is 0.812. The third kappa shape index (κ3) is 3.83. The summed E-state index contributed by atoms with van der Waals surface area (Å²) in [7, 11) is 1.58. The minimum Gasteiger partial charge on any atom is -0.452 e. The van der Waals surface area contributed by atoms with E-state index in [0.29, 0.717) is 5.69 Å². The lowest BCUT2D eigenvalue weighted by molar-refractivity contribution is -0.121. The minimum atomic E-state index is -0.778. The first kappa shape index (κ1) is 16.0. The van der Waals surface area contributed by atoms with E-state index in [-0.39, 0.29) is 10.6 Å². The second-order valence-corrected chi connectivity index (χ2v) is 4.90. The summed E-state index contributed by atoms with van der Waals surface area (Å²) < 4.78 is 17.8. The molecule has 0 unspecified atom stereocenters. The van der Waals surface area contributed by atoms with Crippen LogP contribution in [0.1, 0.15) is 10.4 Å². The molecule has 114 valence electrons. The van der Waals surface area contributed by atoms with Gasteiger partial charge in [-0.05, 0) is 30.3 Å². The van der Waals surface area contributed by atoms with Crippen molar-refractivity contribution in [1.82, 2.24) is 0 Å². The number of rotatable bonds is 4. The molecule has 0 saturated carbocycles. The predicted molar refractivity (Wildman–Crippen MR) is 81.5 cm³/mol. The monoisotopic (exact) mass is 321 g/mol. The first-order chi connectivity index (χ1) is 10.5. The molecule has 0 aliphatic rings. The Kier molecular flexibility index (Phi) is 5.12. The molecule has 0 aromatic heterocycles. The lowest BCUT2D eigenvalue weighted by atomic mass is 10.2. The molecule has 0 aliphatic carbocycles. The van der Waals surface area contributed by atoms with Gasteiger partial charge in [-0.25, -0.2) is 9.18 Å². The van der Waals surface area contributed by atoms with Crippen molar-refractivity contribution in [3.63, 3.8) is 0 Å². The lowest BCUT2D eigenvalue weighted by Gasteiger charge is -2.17. The number of benzene rings is 2. The highest BCUT2D eigenvalue weighted by Crippen LogP contribution is 2.18. The first-order valence-electron chi connectivity index (χ1n) is 6.43. The molecule has 4 nitrogen and oxygen atoms in total. The summed E-state index contributed by atoms with van der Waals surface area (Å²) >= 11 is 5.76. The predicted octanol–water partition coefficient (Wildman–Crippen LogP) is 3.30. The fourth-order valence-electron chi connectivity index (χ4n) is 1.75. The number of hydrogen-bond acceptors (Lipinski definition) is 3. The van der Waals surface area contributed by atoms with Gasteiger partial charge < -0.3 is 9.64 Å². The molecule has 6 heteroatoms. The summed E-state index contributed by atoms with van der Waals surface area (Å²) in [6, 6.07) is 12.3. The Morgan fingerprint density at radius 2 is 1.86 bits per heavy atom. The maximum Gasteiger partial charge on any atom is 0.340 e. The van der Waals surface area contributed by atoms with Crippen molar-refractivity contribution in [2.75, 3.05) is 18.6 Å². The van der Waals surface area contributed by atoms with Crippen LogP contribution in [-0.2, 0) is 9.53 Å². The largest absolute Gasteiger partial charge is 0.452 e. The number of para-hydroxylation sites is 1. The lowest BCUT2D eigenvalue weighted by Crippen LogP contribution is -2.31. The smallest absolute Gasteiger partial charge is 0.340 e. The Morgan fingerprint density at radius 3 is 2.50 bits per heavy atom. The molecule has 2 aromatic rings. The summed E-state index contributed by atoms with van der Waals surface area (Å²) in [6.45, 7) is -0.433. The molecule has 0 fully saturated rings. The molecule has 0 N–H and O–H groups in total. The summed E-state index contributed by atoms with van der Waals surface area (Å²) in [5, 5.41) is -0.0612. The number of nitrogens with zero attached hydrogens (tertiary/aromatic N) is 1. The van der Waals surface area contributed by atoms with E-state index in [9.17, 15) is 14.0 Å². The van der Waals surface area contributed by atoms with E-state index in [1.54, 1.807) is 31.3 Å². The molecule has 0 heterocycles. The summed E-state index contributed by atoms with van der Waals surface area (Å²) in [5.41, 5.74) is 0.696. The van der Waals surface area contributed by atoms with Gasteiger partial charge in [-0.2, -0.15) is 0 Å². The normalized spacial score (nSPS) is 10.1. The van der Waals surface area contributed by atoms with Crippen LogP contribution in [0.2, 0.25) is 5.02 Å². The van der Waals surface area contributed by atoms with E-state index >= 15 is 0 Å². The molecule has 1 amide bonds. The van der Waals surface area contributed by atoms with Gasteiger partial charge in [-0.1, -0.05) is 29.8 Å². The van der Waals surface area contributed by atoms with Crippen molar-refractivity contribution < 1.29 is 18.7 Å². The highest BCUT2D eigenvalue weighted by Gasteiger charge is 2.16. The number of amides is 1. The van der Waals surface area contributed by atoms with Crippen LogP contribution in [-0.4, -0.2) is 25.5 Å². The molecule has 2 rings (SSSR count). The second-order valence-electron chi connectivity index (χ2n) is 4.49. The fourth-order valence-corrected chi connectivity index (χ4v) is 2.00. The van der Waals surface area contributed by atoms with E-state index in [4.69, 9.17) is 16.3 Å². The summed E-state index contributed by atoms with van der Waals surface area (Å²) in [4.78, 5) is 25.2. The van der Waals surface area contributed by atoms with E-state index in [2.05, 4.69) is 0 Å². The van der Waals surface area contributed by atoms with Crippen LogP contribution in [0, 0.1) is 5.82 Å². The fraction of sp³-hybridized carbons (Fsp3) is 0.125. The molecule has 0 bridgehead atoms. The van der Waals surface area contributed by atoms with Gasteiger partial charge in [0.25, 0.3) is 5.91 Å². The van der Waals surface area contributed by atoms with Crippen LogP contribution in [0.25, 0.3) is 0 Å². The van der Waals surface area contributed by atoms with Crippen molar-refractivity contribution in [3.05, 3.63) is 64.9 Å². The SMILES string of the molecule is CN(C(=O)COC(=O)c1ccc(F)cc1Cl)c1ccccc1. The van der Waals surface area contributed by atoms with E-state index in [1.165, 1.54) is 11.0 Å². The number of ether oxygens (including phenoxy) is 1. The zero-order valence-electron chi connectivity index (χ0n) is 11.8. The molecule has 0 radical (unpaired) electrons. The van der Waals surface area contributed by atoms with Crippen LogP contribution in [0.3, 0.4) is 0 Å². The number of anilines is 1. The minimum absolute atomic E-state index is 0.0123. The zero-order valence-corrected chi connectivity index (χ0v) is 12.5. The van der Waals surface area contributed by atoms with Crippen LogP contribution in [0.15, 0.2) is 48.5 Å². The number of carbonyl (C=O) groups is 2. The van der Waals surface area contributed by atoms with Gasteiger partial charge in [0.15, 0.2) is 6.61 Å². The van der Waals surface area contributed by atoms with Crippen molar-refractivity contribution in [3.8, 4) is 0 Å². The first-order valence-corrected chi connectivity index (χ1v) is 6.80. The van der Waals surface area contributed by atoms with Gasteiger partial charge in [0.2, 0.25) is 0 Å². The molecular formula is C16H13ClFNO3.